The summed E-state index contributed by atoms with van der Waals surface area (Å²) in [6.07, 6.45) is 4.42. The van der Waals surface area contributed by atoms with E-state index >= 15 is 4.39 Å². The van der Waals surface area contributed by atoms with E-state index in [1.165, 1.54) is 6.20 Å². The molecule has 5 rings (SSSR count). The van der Waals surface area contributed by atoms with Crippen LogP contribution in [0, 0.1) is 5.82 Å². The molecule has 1 aromatic carbocycles. The summed E-state index contributed by atoms with van der Waals surface area (Å²) < 4.78 is 20.7. The van der Waals surface area contributed by atoms with E-state index in [-0.39, 0.29) is 35.9 Å². The molecule has 10 nitrogen and oxygen atoms in total. The van der Waals surface area contributed by atoms with Crippen molar-refractivity contribution < 1.29 is 19.0 Å². The van der Waals surface area contributed by atoms with Crippen molar-refractivity contribution >= 4 is 40.6 Å². The Morgan fingerprint density at radius 1 is 1.02 bits per heavy atom. The number of nitrogens with one attached hydrogen (secondary N) is 4. The van der Waals surface area contributed by atoms with E-state index in [2.05, 4.69) is 31.2 Å². The highest BCUT2D eigenvalue weighted by atomic mass is 35.5. The second-order valence-electron chi connectivity index (χ2n) is 10.1. The standard InChI is InChI=1S/C31H32Cl2FN7O3/c1-44-31-19(16-36-17-20-6-8-25(43)39-20)5-7-23(41-31)21-3-2-4-22(26(21)32)29-27(33)24(10-12-37-29)40-30-28(34)18(9-11-38-30)15-35-13-14-42/h2-5,7,9-12,20,35-36,42H,6,8,13-17H2,1H3,(H,39,43)(H,37,38,40)/t20-/m1/s1. The summed E-state index contributed by atoms with van der Waals surface area (Å²) in [7, 11) is 1.56. The topological polar surface area (TPSA) is 133 Å². The first-order valence-corrected chi connectivity index (χ1v) is 14.8. The third-order valence-corrected chi connectivity index (χ3v) is 7.96. The zero-order valence-corrected chi connectivity index (χ0v) is 25.5. The molecule has 13 heteroatoms. The lowest BCUT2D eigenvalue weighted by molar-refractivity contribution is -0.119. The number of aliphatic hydroxyl groups excluding tert-OH is 1. The number of halogens is 3. The number of carbonyl (C=O) groups excluding carboxylic acids is 1. The number of nitrogens with zero attached hydrogens (tertiary/aromatic N) is 3. The highest BCUT2D eigenvalue weighted by Crippen LogP contribution is 2.41. The Morgan fingerprint density at radius 2 is 1.82 bits per heavy atom. The lowest BCUT2D eigenvalue weighted by Gasteiger charge is -2.16. The van der Waals surface area contributed by atoms with Crippen LogP contribution in [0.15, 0.2) is 54.9 Å². The molecule has 0 saturated carbocycles. The fourth-order valence-corrected chi connectivity index (χ4v) is 5.49. The molecule has 1 aliphatic rings. The van der Waals surface area contributed by atoms with Gasteiger partial charge in [-0.05, 0) is 24.6 Å². The Kier molecular flexibility index (Phi) is 10.6. The summed E-state index contributed by atoms with van der Waals surface area (Å²) >= 11 is 13.7. The molecular formula is C31H32Cl2FN7O3. The summed E-state index contributed by atoms with van der Waals surface area (Å²) in [5, 5.41) is 21.8. The van der Waals surface area contributed by atoms with Gasteiger partial charge in [0, 0.05) is 73.3 Å². The van der Waals surface area contributed by atoms with Crippen LogP contribution >= 0.6 is 23.2 Å². The summed E-state index contributed by atoms with van der Waals surface area (Å²) in [5.41, 5.74) is 3.88. The maximum Gasteiger partial charge on any atom is 0.220 e. The lowest BCUT2D eigenvalue weighted by Crippen LogP contribution is -2.35. The molecule has 3 aromatic heterocycles. The van der Waals surface area contributed by atoms with Crippen LogP contribution in [-0.4, -0.2) is 58.8 Å². The second kappa shape index (κ2) is 14.7. The minimum atomic E-state index is -0.531. The largest absolute Gasteiger partial charge is 0.481 e. The van der Waals surface area contributed by atoms with Crippen molar-refractivity contribution in [3.63, 3.8) is 0 Å². The third kappa shape index (κ3) is 7.25. The molecule has 0 aliphatic carbocycles. The van der Waals surface area contributed by atoms with E-state index < -0.39 is 5.82 Å². The quantitative estimate of drug-likeness (QED) is 0.130. The number of aliphatic hydroxyl groups is 1. The predicted octanol–water partition coefficient (Wildman–Crippen LogP) is 4.85. The van der Waals surface area contributed by atoms with Crippen molar-refractivity contribution in [1.29, 1.82) is 0 Å². The number of amides is 1. The molecule has 1 saturated heterocycles. The van der Waals surface area contributed by atoms with Crippen LogP contribution in [0.1, 0.15) is 24.0 Å². The highest BCUT2D eigenvalue weighted by Gasteiger charge is 2.21. The molecule has 0 bridgehead atoms. The average molecular weight is 641 g/mol. The predicted molar refractivity (Wildman–Crippen MR) is 169 cm³/mol. The Hall–Kier alpha value is -3.87. The van der Waals surface area contributed by atoms with Crippen molar-refractivity contribution in [2.24, 2.45) is 0 Å². The number of pyridine rings is 3. The number of aromatic nitrogens is 3. The monoisotopic (exact) mass is 639 g/mol. The van der Waals surface area contributed by atoms with Gasteiger partial charge in [0.15, 0.2) is 11.6 Å². The van der Waals surface area contributed by atoms with E-state index in [0.29, 0.717) is 70.7 Å². The molecule has 44 heavy (non-hydrogen) atoms. The van der Waals surface area contributed by atoms with Gasteiger partial charge in [-0.1, -0.05) is 47.5 Å². The van der Waals surface area contributed by atoms with Gasteiger partial charge in [-0.3, -0.25) is 9.78 Å². The Labute approximate surface area is 264 Å². The number of anilines is 2. The fourth-order valence-electron chi connectivity index (χ4n) is 4.92. The van der Waals surface area contributed by atoms with Gasteiger partial charge in [-0.2, -0.15) is 0 Å². The number of methoxy groups -OCH3 is 1. The van der Waals surface area contributed by atoms with Crippen molar-refractivity contribution in [2.45, 2.75) is 32.0 Å². The van der Waals surface area contributed by atoms with Gasteiger partial charge in [0.25, 0.3) is 0 Å². The number of carbonyl (C=O) groups is 1. The normalized spacial score (nSPS) is 14.5. The minimum Gasteiger partial charge on any atom is -0.481 e. The molecule has 4 aromatic rings. The first kappa shape index (κ1) is 31.6. The minimum absolute atomic E-state index is 0.00562. The molecule has 1 aliphatic heterocycles. The molecule has 0 radical (unpaired) electrons. The van der Waals surface area contributed by atoms with Crippen LogP contribution in [-0.2, 0) is 17.9 Å². The summed E-state index contributed by atoms with van der Waals surface area (Å²) in [6.45, 7) is 1.70. The molecule has 1 fully saturated rings. The highest BCUT2D eigenvalue weighted by molar-refractivity contribution is 6.39. The molecule has 1 atom stereocenters. The Bertz CT molecular complexity index is 1640. The fraction of sp³-hybridized carbons (Fsp3) is 0.290. The number of ether oxygens (including phenoxy) is 1. The van der Waals surface area contributed by atoms with Gasteiger partial charge in [-0.25, -0.2) is 14.4 Å². The van der Waals surface area contributed by atoms with Crippen LogP contribution in [0.3, 0.4) is 0 Å². The number of hydrogen-bond donors (Lipinski definition) is 5. The molecular weight excluding hydrogens is 608 g/mol. The second-order valence-corrected chi connectivity index (χ2v) is 10.9. The zero-order chi connectivity index (χ0) is 31.1. The molecule has 0 spiro atoms. The van der Waals surface area contributed by atoms with Crippen molar-refractivity contribution in [3.8, 4) is 28.4 Å². The first-order chi connectivity index (χ1) is 21.4. The molecule has 230 valence electrons. The third-order valence-electron chi connectivity index (χ3n) is 7.17. The van der Waals surface area contributed by atoms with Gasteiger partial charge < -0.3 is 31.1 Å². The van der Waals surface area contributed by atoms with Crippen LogP contribution in [0.2, 0.25) is 10.0 Å². The van der Waals surface area contributed by atoms with Crippen LogP contribution in [0.4, 0.5) is 15.9 Å². The molecule has 1 amide bonds. The molecule has 0 unspecified atom stereocenters. The number of hydrogen-bond acceptors (Lipinski definition) is 9. The van der Waals surface area contributed by atoms with Crippen LogP contribution in [0.25, 0.3) is 22.5 Å². The Morgan fingerprint density at radius 3 is 2.59 bits per heavy atom. The number of benzene rings is 1. The number of rotatable bonds is 13. The smallest absolute Gasteiger partial charge is 0.220 e. The van der Waals surface area contributed by atoms with E-state index in [4.69, 9.17) is 38.0 Å². The maximum atomic E-state index is 15.1. The van der Waals surface area contributed by atoms with E-state index in [0.717, 1.165) is 12.0 Å². The van der Waals surface area contributed by atoms with Crippen LogP contribution in [0.5, 0.6) is 5.88 Å². The molecule has 4 heterocycles. The summed E-state index contributed by atoms with van der Waals surface area (Å²) in [6, 6.07) is 12.6. The van der Waals surface area contributed by atoms with Gasteiger partial charge in [0.05, 0.1) is 40.8 Å². The van der Waals surface area contributed by atoms with E-state index in [1.807, 2.05) is 24.3 Å². The SMILES string of the molecule is COc1nc(-c2cccc(-c3nccc(Nc4nccc(CNCCO)c4F)c3Cl)c2Cl)ccc1CNC[C@H]1CCC(=O)N1. The lowest BCUT2D eigenvalue weighted by atomic mass is 10.0. The van der Waals surface area contributed by atoms with Crippen molar-refractivity contribution in [3.05, 3.63) is 81.8 Å². The van der Waals surface area contributed by atoms with Gasteiger partial charge in [-0.15, -0.1) is 0 Å². The van der Waals surface area contributed by atoms with Gasteiger partial charge in [0.2, 0.25) is 11.8 Å². The first-order valence-electron chi connectivity index (χ1n) is 14.1. The maximum absolute atomic E-state index is 15.1. The van der Waals surface area contributed by atoms with Crippen molar-refractivity contribution in [1.82, 2.24) is 30.9 Å². The van der Waals surface area contributed by atoms with E-state index in [1.54, 1.807) is 31.5 Å². The summed E-state index contributed by atoms with van der Waals surface area (Å²) in [5.74, 6) is 0.0127. The van der Waals surface area contributed by atoms with Gasteiger partial charge >= 0.3 is 0 Å². The summed E-state index contributed by atoms with van der Waals surface area (Å²) in [4.78, 5) is 24.8. The average Bonchev–Trinajstić information content (AvgIpc) is 3.45. The van der Waals surface area contributed by atoms with Crippen molar-refractivity contribution in [2.75, 3.05) is 32.1 Å². The van der Waals surface area contributed by atoms with Crippen LogP contribution < -0.4 is 26.0 Å². The Balaban J connectivity index is 1.37. The van der Waals surface area contributed by atoms with Gasteiger partial charge in [0.1, 0.15) is 0 Å². The van der Waals surface area contributed by atoms with E-state index in [9.17, 15) is 4.79 Å². The molecule has 5 N–H and O–H groups in total. The zero-order valence-electron chi connectivity index (χ0n) is 24.0.